The highest BCUT2D eigenvalue weighted by atomic mass is 35.5. The van der Waals surface area contributed by atoms with Gasteiger partial charge in [-0.2, -0.15) is 13.2 Å². The molecule has 2 N–H and O–H groups in total. The van der Waals surface area contributed by atoms with Gasteiger partial charge in [0.15, 0.2) is 17.4 Å². The zero-order valence-corrected chi connectivity index (χ0v) is 36.8. The number of sulfonamides is 2. The molecule has 18 heteroatoms. The minimum atomic E-state index is -4.70. The Bertz CT molecular complexity index is 2980. The maximum absolute atomic E-state index is 13.2. The second kappa shape index (κ2) is 19.4. The highest BCUT2D eigenvalue weighted by molar-refractivity contribution is 7.93. The lowest BCUT2D eigenvalue weighted by Crippen LogP contribution is -2.17. The van der Waals surface area contributed by atoms with Gasteiger partial charge in [-0.3, -0.25) is 19.0 Å². The van der Waals surface area contributed by atoms with Gasteiger partial charge in [-0.15, -0.1) is 0 Å². The molecule has 0 aliphatic carbocycles. The van der Waals surface area contributed by atoms with Crippen LogP contribution in [0.2, 0.25) is 5.02 Å². The lowest BCUT2D eigenvalue weighted by atomic mass is 9.99. The molecule has 0 radical (unpaired) electrons. The molecule has 0 atom stereocenters. The highest BCUT2D eigenvalue weighted by Crippen LogP contribution is 2.34. The van der Waals surface area contributed by atoms with Crippen molar-refractivity contribution in [1.29, 1.82) is 0 Å². The summed E-state index contributed by atoms with van der Waals surface area (Å²) in [5.74, 6) is -0.379. The standard InChI is InChI=1S/C23H19ClN2O5S.C23H20F3NO4S/c1-14(2)30-17-7-9-18(10-8-17)32(28,29)26-23-19(12-16(24)13-25-23)22(27)21-11-15-5-3-4-6-20(15)31-21;1-15(2)31-18-9-11-19(12-10-18)32(29,30)27-21-13-8-17(23(24,25)26)14-20(21)22(28)16-6-4-3-5-7-16/h3-14H,1-2H3,(H,25,26);3-15,27H,1-2H3. The van der Waals surface area contributed by atoms with Crippen molar-refractivity contribution in [3.8, 4) is 11.5 Å². The number of rotatable bonds is 14. The smallest absolute Gasteiger partial charge is 0.416 e. The molecule has 0 spiro atoms. The number of carbonyl (C=O) groups excluding carboxylic acids is 2. The number of halogens is 4. The third-order valence-corrected chi connectivity index (χ3v) is 11.8. The molecule has 0 aliphatic heterocycles. The molecule has 2 aromatic heterocycles. The predicted molar refractivity (Wildman–Crippen MR) is 236 cm³/mol. The summed E-state index contributed by atoms with van der Waals surface area (Å²) in [4.78, 5) is 29.9. The minimum absolute atomic E-state index is 0.00695. The second-order valence-corrected chi connectivity index (χ2v) is 18.3. The summed E-state index contributed by atoms with van der Waals surface area (Å²) in [6, 6.07) is 31.6. The Hall–Kier alpha value is -6.69. The van der Waals surface area contributed by atoms with E-state index in [4.69, 9.17) is 25.5 Å². The first-order valence-corrected chi connectivity index (χ1v) is 22.6. The Balaban J connectivity index is 0.000000213. The maximum atomic E-state index is 13.2. The summed E-state index contributed by atoms with van der Waals surface area (Å²) in [7, 11) is -8.21. The number of alkyl halides is 3. The highest BCUT2D eigenvalue weighted by Gasteiger charge is 2.33. The molecule has 0 saturated carbocycles. The van der Waals surface area contributed by atoms with Crippen LogP contribution in [0.1, 0.15) is 65.3 Å². The molecule has 12 nitrogen and oxygen atoms in total. The molecule has 2 heterocycles. The first kappa shape index (κ1) is 46.8. The average molecular weight is 934 g/mol. The van der Waals surface area contributed by atoms with Gasteiger partial charge in [0.2, 0.25) is 5.78 Å². The van der Waals surface area contributed by atoms with Gasteiger partial charge in [0, 0.05) is 22.7 Å². The third-order valence-electron chi connectivity index (χ3n) is 8.86. The van der Waals surface area contributed by atoms with E-state index in [1.807, 2.05) is 39.8 Å². The van der Waals surface area contributed by atoms with Gasteiger partial charge >= 0.3 is 6.18 Å². The van der Waals surface area contributed by atoms with E-state index in [0.717, 1.165) is 17.5 Å². The zero-order valence-electron chi connectivity index (χ0n) is 34.4. The lowest BCUT2D eigenvalue weighted by Gasteiger charge is -2.15. The molecule has 5 aromatic carbocycles. The van der Waals surface area contributed by atoms with Crippen LogP contribution in [0, 0.1) is 0 Å². The molecule has 7 aromatic rings. The summed E-state index contributed by atoms with van der Waals surface area (Å²) in [5.41, 5.74) is -1.09. The van der Waals surface area contributed by atoms with E-state index in [0.29, 0.717) is 23.1 Å². The fourth-order valence-corrected chi connectivity index (χ4v) is 8.26. The van der Waals surface area contributed by atoms with E-state index in [-0.39, 0.29) is 55.4 Å². The van der Waals surface area contributed by atoms with Crippen LogP contribution in [0.25, 0.3) is 11.0 Å². The van der Waals surface area contributed by atoms with Crippen LogP contribution in [0.4, 0.5) is 24.7 Å². The van der Waals surface area contributed by atoms with E-state index < -0.39 is 48.9 Å². The van der Waals surface area contributed by atoms with Gasteiger partial charge in [-0.05, 0) is 113 Å². The van der Waals surface area contributed by atoms with Gasteiger partial charge in [0.25, 0.3) is 20.0 Å². The number of aromatic nitrogens is 1. The number of nitrogens with one attached hydrogen (secondary N) is 2. The number of carbonyl (C=O) groups is 2. The molecule has 7 rings (SSSR count). The molecule has 0 saturated heterocycles. The number of pyridine rings is 1. The summed E-state index contributed by atoms with van der Waals surface area (Å²) in [6.07, 6.45) is -3.58. The maximum Gasteiger partial charge on any atom is 0.416 e. The molecule has 0 amide bonds. The Morgan fingerprint density at radius 3 is 1.75 bits per heavy atom. The van der Waals surface area contributed by atoms with E-state index in [1.54, 1.807) is 48.5 Å². The fourth-order valence-electron chi connectivity index (χ4n) is 5.99. The monoisotopic (exact) mass is 933 g/mol. The third kappa shape index (κ3) is 11.7. The van der Waals surface area contributed by atoms with E-state index >= 15 is 0 Å². The number of hydrogen-bond donors (Lipinski definition) is 2. The molecule has 0 aliphatic rings. The van der Waals surface area contributed by atoms with Crippen molar-refractivity contribution in [3.05, 3.63) is 173 Å². The Morgan fingerprint density at radius 2 is 1.20 bits per heavy atom. The Labute approximate surface area is 372 Å². The van der Waals surface area contributed by atoms with Crippen LogP contribution in [0.3, 0.4) is 0 Å². The normalized spacial score (nSPS) is 11.8. The van der Waals surface area contributed by atoms with E-state index in [1.165, 1.54) is 60.8 Å². The summed E-state index contributed by atoms with van der Waals surface area (Å²) in [6.45, 7) is 7.39. The number of fused-ring (bicyclic) bond motifs is 1. The van der Waals surface area contributed by atoms with Gasteiger partial charge in [0.05, 0.1) is 43.8 Å². The zero-order chi connectivity index (χ0) is 46.4. The van der Waals surface area contributed by atoms with Crippen molar-refractivity contribution in [2.45, 2.75) is 55.9 Å². The molecule has 0 bridgehead atoms. The quantitative estimate of drug-likeness (QED) is 0.100. The molecule has 0 fully saturated rings. The fraction of sp³-hybridized carbons (Fsp3) is 0.152. The van der Waals surface area contributed by atoms with Crippen molar-refractivity contribution in [2.75, 3.05) is 9.44 Å². The Morgan fingerprint density at radius 1 is 0.656 bits per heavy atom. The molecule has 0 unspecified atom stereocenters. The Kier molecular flexibility index (Phi) is 14.2. The SMILES string of the molecule is CC(C)Oc1ccc(S(=O)(=O)Nc2ccc(C(F)(F)F)cc2C(=O)c2ccccc2)cc1.CC(C)Oc1ccc(S(=O)(=O)Nc2ncc(Cl)cc2C(=O)c2cc3ccccc3o2)cc1. The summed E-state index contributed by atoms with van der Waals surface area (Å²) < 4.78 is 112. The lowest BCUT2D eigenvalue weighted by molar-refractivity contribution is -0.137. The first-order chi connectivity index (χ1) is 30.2. The van der Waals surface area contributed by atoms with Crippen LogP contribution < -0.4 is 18.9 Å². The largest absolute Gasteiger partial charge is 0.491 e. The number of furan rings is 1. The van der Waals surface area contributed by atoms with Crippen molar-refractivity contribution in [1.82, 2.24) is 4.98 Å². The van der Waals surface area contributed by atoms with Crippen LogP contribution >= 0.6 is 11.6 Å². The first-order valence-electron chi connectivity index (χ1n) is 19.3. The number of nitrogens with zero attached hydrogens (tertiary/aromatic N) is 1. The predicted octanol–water partition coefficient (Wildman–Crippen LogP) is 10.8. The number of ketones is 2. The van der Waals surface area contributed by atoms with Crippen molar-refractivity contribution < 1.29 is 53.5 Å². The molecular formula is C46H39ClF3N3O9S2. The number of anilines is 2. The van der Waals surface area contributed by atoms with Crippen LogP contribution in [0.5, 0.6) is 11.5 Å². The van der Waals surface area contributed by atoms with Crippen molar-refractivity contribution in [3.63, 3.8) is 0 Å². The van der Waals surface area contributed by atoms with E-state index in [2.05, 4.69) is 14.4 Å². The van der Waals surface area contributed by atoms with Crippen molar-refractivity contribution in [2.24, 2.45) is 0 Å². The number of ether oxygens (including phenoxy) is 2. The average Bonchev–Trinajstić information content (AvgIpc) is 3.69. The second-order valence-electron chi connectivity index (χ2n) is 14.5. The molecule has 332 valence electrons. The molecule has 64 heavy (non-hydrogen) atoms. The van der Waals surface area contributed by atoms with Gasteiger partial charge in [0.1, 0.15) is 17.1 Å². The summed E-state index contributed by atoms with van der Waals surface area (Å²) in [5, 5.41) is 0.930. The number of para-hydroxylation sites is 1. The minimum Gasteiger partial charge on any atom is -0.491 e. The van der Waals surface area contributed by atoms with Crippen LogP contribution in [0.15, 0.2) is 154 Å². The van der Waals surface area contributed by atoms with Crippen molar-refractivity contribution >= 4 is 65.7 Å². The molecular weight excluding hydrogens is 895 g/mol. The van der Waals surface area contributed by atoms with Gasteiger partial charge in [-0.1, -0.05) is 60.1 Å². The van der Waals surface area contributed by atoms with Gasteiger partial charge in [-0.25, -0.2) is 21.8 Å². The number of hydrogen-bond acceptors (Lipinski definition) is 10. The number of benzene rings is 5. The summed E-state index contributed by atoms with van der Waals surface area (Å²) >= 11 is 6.04. The van der Waals surface area contributed by atoms with Gasteiger partial charge < -0.3 is 13.9 Å². The van der Waals surface area contributed by atoms with Crippen LogP contribution in [-0.2, 0) is 26.2 Å². The van der Waals surface area contributed by atoms with Crippen LogP contribution in [-0.4, -0.2) is 45.6 Å². The van der Waals surface area contributed by atoms with E-state index in [9.17, 15) is 39.6 Å². The topological polar surface area (TPSA) is 171 Å².